The Bertz CT molecular complexity index is 475. The molecule has 0 aliphatic heterocycles. The van der Waals surface area contributed by atoms with E-state index in [1.54, 1.807) is 13.8 Å². The van der Waals surface area contributed by atoms with Crippen LogP contribution in [0.2, 0.25) is 0 Å². The van der Waals surface area contributed by atoms with Crippen LogP contribution in [0.1, 0.15) is 20.8 Å². The fraction of sp³-hybridized carbons (Fsp3) is 0.500. The third-order valence-corrected chi connectivity index (χ3v) is 4.85. The second kappa shape index (κ2) is 4.74. The molecule has 0 saturated heterocycles. The minimum atomic E-state index is -3.60. The molecule has 0 aliphatic rings. The van der Waals surface area contributed by atoms with Crippen LogP contribution in [0.3, 0.4) is 0 Å². The molecule has 1 N–H and O–H groups in total. The first kappa shape index (κ1) is 14.1. The topological polar surface area (TPSA) is 54.4 Å². The largest absolute Gasteiger partial charge is 0.389 e. The third-order valence-electron chi connectivity index (χ3n) is 2.90. The highest BCUT2D eigenvalue weighted by atomic mass is 32.2. The minimum Gasteiger partial charge on any atom is -0.389 e. The van der Waals surface area contributed by atoms with Crippen LogP contribution in [0.5, 0.6) is 0 Å². The Hall–Kier alpha value is -0.940. The lowest BCUT2D eigenvalue weighted by molar-refractivity contribution is 0.0360. The lowest BCUT2D eigenvalue weighted by Gasteiger charge is -2.27. The molecule has 96 valence electrons. The molecule has 1 rings (SSSR count). The first-order valence-corrected chi connectivity index (χ1v) is 7.01. The maximum Gasteiger partial charge on any atom is 0.181 e. The van der Waals surface area contributed by atoms with Crippen molar-refractivity contribution in [2.75, 3.05) is 5.75 Å². The molecule has 1 atom stereocenters. The number of hydrogen-bond donors (Lipinski definition) is 1. The zero-order valence-corrected chi connectivity index (χ0v) is 11.0. The van der Waals surface area contributed by atoms with Crippen LogP contribution in [-0.4, -0.2) is 24.9 Å². The van der Waals surface area contributed by atoms with E-state index in [4.69, 9.17) is 0 Å². The second-order valence-corrected chi connectivity index (χ2v) is 6.71. The van der Waals surface area contributed by atoms with Gasteiger partial charge in [0, 0.05) is 0 Å². The SMILES string of the molecule is CC(C)C(C)(O)CS(=O)(=O)c1ccc(F)cc1. The summed E-state index contributed by atoms with van der Waals surface area (Å²) in [6.45, 7) is 4.99. The van der Waals surface area contributed by atoms with Crippen LogP contribution in [0.25, 0.3) is 0 Å². The molecule has 1 aromatic carbocycles. The van der Waals surface area contributed by atoms with E-state index in [2.05, 4.69) is 0 Å². The minimum absolute atomic E-state index is 0.0276. The average Bonchev–Trinajstić information content (AvgIpc) is 2.16. The summed E-state index contributed by atoms with van der Waals surface area (Å²) in [5.74, 6) is -1.04. The zero-order valence-electron chi connectivity index (χ0n) is 10.1. The predicted molar refractivity (Wildman–Crippen MR) is 63.9 cm³/mol. The first-order chi connectivity index (χ1) is 7.65. The number of rotatable bonds is 4. The van der Waals surface area contributed by atoms with Crippen molar-refractivity contribution in [3.63, 3.8) is 0 Å². The van der Waals surface area contributed by atoms with Gasteiger partial charge in [-0.05, 0) is 37.1 Å². The highest BCUT2D eigenvalue weighted by Crippen LogP contribution is 2.22. The molecule has 5 heteroatoms. The fourth-order valence-electron chi connectivity index (χ4n) is 1.28. The molecule has 1 aromatic rings. The number of sulfone groups is 1. The Morgan fingerprint density at radius 2 is 1.76 bits per heavy atom. The quantitative estimate of drug-likeness (QED) is 0.842. The average molecular weight is 260 g/mol. The molecule has 0 fully saturated rings. The lowest BCUT2D eigenvalue weighted by Crippen LogP contribution is -2.39. The molecule has 1 unspecified atom stereocenters. The Labute approximate surface area is 101 Å². The van der Waals surface area contributed by atoms with E-state index >= 15 is 0 Å². The molecular weight excluding hydrogens is 243 g/mol. The standard InChI is InChI=1S/C12H17FO3S/c1-9(2)12(3,14)8-17(15,16)11-6-4-10(13)5-7-11/h4-7,9,14H,8H2,1-3H3. The molecular formula is C12H17FO3S. The summed E-state index contributed by atoms with van der Waals surface area (Å²) in [5.41, 5.74) is -1.30. The van der Waals surface area contributed by atoms with Gasteiger partial charge in [-0.25, -0.2) is 12.8 Å². The van der Waals surface area contributed by atoms with Crippen LogP contribution in [0.15, 0.2) is 29.2 Å². The highest BCUT2D eigenvalue weighted by molar-refractivity contribution is 7.91. The summed E-state index contributed by atoms with van der Waals surface area (Å²) >= 11 is 0. The summed E-state index contributed by atoms with van der Waals surface area (Å²) in [4.78, 5) is 0.0276. The van der Waals surface area contributed by atoms with Crippen LogP contribution in [0, 0.1) is 11.7 Å². The van der Waals surface area contributed by atoms with Gasteiger partial charge in [0.1, 0.15) is 5.82 Å². The van der Waals surface area contributed by atoms with Crippen molar-refractivity contribution in [2.24, 2.45) is 5.92 Å². The first-order valence-electron chi connectivity index (χ1n) is 5.36. The summed E-state index contributed by atoms with van der Waals surface area (Å²) < 4.78 is 36.7. The lowest BCUT2D eigenvalue weighted by atomic mass is 9.95. The van der Waals surface area contributed by atoms with E-state index < -0.39 is 21.3 Å². The van der Waals surface area contributed by atoms with Gasteiger partial charge in [-0.1, -0.05) is 13.8 Å². The maximum atomic E-state index is 12.7. The van der Waals surface area contributed by atoms with Crippen LogP contribution in [0.4, 0.5) is 4.39 Å². The van der Waals surface area contributed by atoms with Gasteiger partial charge >= 0.3 is 0 Å². The molecule has 0 aromatic heterocycles. The second-order valence-electron chi connectivity index (χ2n) is 4.72. The Morgan fingerprint density at radius 3 is 2.18 bits per heavy atom. The van der Waals surface area contributed by atoms with Crippen molar-refractivity contribution in [1.82, 2.24) is 0 Å². The van der Waals surface area contributed by atoms with E-state index in [-0.39, 0.29) is 16.6 Å². The van der Waals surface area contributed by atoms with Gasteiger partial charge in [0.25, 0.3) is 0 Å². The van der Waals surface area contributed by atoms with E-state index in [9.17, 15) is 17.9 Å². The smallest absolute Gasteiger partial charge is 0.181 e. The van der Waals surface area contributed by atoms with Gasteiger partial charge < -0.3 is 5.11 Å². The number of hydrogen-bond acceptors (Lipinski definition) is 3. The van der Waals surface area contributed by atoms with Crippen molar-refractivity contribution in [3.05, 3.63) is 30.1 Å². The van der Waals surface area contributed by atoms with E-state index in [0.29, 0.717) is 0 Å². The Balaban J connectivity index is 3.01. The number of halogens is 1. The molecule has 3 nitrogen and oxygen atoms in total. The molecule has 0 bridgehead atoms. The normalized spacial score (nSPS) is 15.9. The van der Waals surface area contributed by atoms with Crippen molar-refractivity contribution < 1.29 is 17.9 Å². The van der Waals surface area contributed by atoms with Gasteiger partial charge in [-0.2, -0.15) is 0 Å². The van der Waals surface area contributed by atoms with Gasteiger partial charge in [-0.15, -0.1) is 0 Å². The van der Waals surface area contributed by atoms with Crippen LogP contribution >= 0.6 is 0 Å². The van der Waals surface area contributed by atoms with E-state index in [1.807, 2.05) is 0 Å². The number of benzene rings is 1. The summed E-state index contributed by atoms with van der Waals surface area (Å²) in [6.07, 6.45) is 0. The summed E-state index contributed by atoms with van der Waals surface area (Å²) in [5, 5.41) is 9.99. The summed E-state index contributed by atoms with van der Waals surface area (Å²) in [6, 6.07) is 4.61. The zero-order chi connectivity index (χ0) is 13.3. The van der Waals surface area contributed by atoms with Crippen LogP contribution in [-0.2, 0) is 9.84 Å². The van der Waals surface area contributed by atoms with Gasteiger partial charge in [-0.3, -0.25) is 0 Å². The molecule has 0 radical (unpaired) electrons. The van der Waals surface area contributed by atoms with Crippen LogP contribution < -0.4 is 0 Å². The maximum absolute atomic E-state index is 12.7. The monoisotopic (exact) mass is 260 g/mol. The predicted octanol–water partition coefficient (Wildman–Crippen LogP) is 2.01. The summed E-state index contributed by atoms with van der Waals surface area (Å²) in [7, 11) is -3.60. The highest BCUT2D eigenvalue weighted by Gasteiger charge is 2.32. The molecule has 0 aliphatic carbocycles. The van der Waals surface area contributed by atoms with E-state index in [0.717, 1.165) is 12.1 Å². The molecule has 17 heavy (non-hydrogen) atoms. The third kappa shape index (κ3) is 3.51. The molecule has 0 amide bonds. The van der Waals surface area contributed by atoms with Gasteiger partial charge in [0.15, 0.2) is 9.84 Å². The van der Waals surface area contributed by atoms with Crippen molar-refractivity contribution >= 4 is 9.84 Å². The van der Waals surface area contributed by atoms with Crippen molar-refractivity contribution in [1.29, 1.82) is 0 Å². The number of aliphatic hydroxyl groups is 1. The van der Waals surface area contributed by atoms with Crippen molar-refractivity contribution in [2.45, 2.75) is 31.3 Å². The van der Waals surface area contributed by atoms with Crippen molar-refractivity contribution in [3.8, 4) is 0 Å². The Kier molecular flexibility index (Phi) is 3.94. The van der Waals surface area contributed by atoms with Gasteiger partial charge in [0.05, 0.1) is 16.2 Å². The fourth-order valence-corrected chi connectivity index (χ4v) is 3.10. The molecule has 0 heterocycles. The Morgan fingerprint density at radius 1 is 1.29 bits per heavy atom. The molecule has 0 saturated carbocycles. The van der Waals surface area contributed by atoms with Gasteiger partial charge in [0.2, 0.25) is 0 Å². The molecule has 0 spiro atoms. The van der Waals surface area contributed by atoms with E-state index in [1.165, 1.54) is 19.1 Å².